The third-order valence-corrected chi connectivity index (χ3v) is 2.26. The zero-order valence-corrected chi connectivity index (χ0v) is 6.62. The van der Waals surface area contributed by atoms with Crippen molar-refractivity contribution in [2.45, 2.75) is 0 Å². The van der Waals surface area contributed by atoms with Gasteiger partial charge in [0.05, 0.1) is 9.90 Å². The molecule has 0 radical (unpaired) electrons. The maximum atomic E-state index is 5.62. The monoisotopic (exact) mass is 175 g/mol. The van der Waals surface area contributed by atoms with Gasteiger partial charge in [-0.25, -0.2) is 0 Å². The minimum atomic E-state index is 0.317. The maximum Gasteiger partial charge on any atom is 0.160 e. The van der Waals surface area contributed by atoms with Crippen LogP contribution >= 0.6 is 22.9 Å². The van der Waals surface area contributed by atoms with Crippen LogP contribution in [0, 0.1) is 0 Å². The fourth-order valence-corrected chi connectivity index (χ4v) is 1.49. The average Bonchev–Trinajstić information content (AvgIpc) is 2.34. The number of hydrazone groups is 1. The van der Waals surface area contributed by atoms with Crippen LogP contribution in [0.15, 0.2) is 16.5 Å². The van der Waals surface area contributed by atoms with Crippen molar-refractivity contribution in [1.82, 2.24) is 0 Å². The van der Waals surface area contributed by atoms with Crippen molar-refractivity contribution < 1.29 is 0 Å². The van der Waals surface area contributed by atoms with E-state index >= 15 is 0 Å². The molecule has 3 nitrogen and oxygen atoms in total. The Bertz CT molecular complexity index is 255. The van der Waals surface area contributed by atoms with Gasteiger partial charge in [-0.2, -0.15) is 5.10 Å². The predicted molar refractivity (Wildman–Crippen MR) is 44.2 cm³/mol. The molecule has 0 amide bonds. The summed E-state index contributed by atoms with van der Waals surface area (Å²) in [5, 5.41) is 5.75. The first-order valence-electron chi connectivity index (χ1n) is 2.52. The van der Waals surface area contributed by atoms with E-state index in [4.69, 9.17) is 23.2 Å². The molecule has 0 aliphatic rings. The van der Waals surface area contributed by atoms with Gasteiger partial charge in [-0.1, -0.05) is 11.6 Å². The SMILES string of the molecule is NN=C(N)c1cc(Cl)cs1. The minimum Gasteiger partial charge on any atom is -0.381 e. The van der Waals surface area contributed by atoms with E-state index in [0.717, 1.165) is 4.88 Å². The molecule has 1 aromatic heterocycles. The van der Waals surface area contributed by atoms with E-state index in [1.54, 1.807) is 11.4 Å². The van der Waals surface area contributed by atoms with Gasteiger partial charge >= 0.3 is 0 Å². The second-order valence-corrected chi connectivity index (χ2v) is 2.99. The molecule has 5 heteroatoms. The van der Waals surface area contributed by atoms with Gasteiger partial charge in [0.1, 0.15) is 0 Å². The average molecular weight is 176 g/mol. The van der Waals surface area contributed by atoms with Gasteiger partial charge in [0.25, 0.3) is 0 Å². The maximum absolute atomic E-state index is 5.62. The highest BCUT2D eigenvalue weighted by Gasteiger charge is 2.00. The molecule has 0 atom stereocenters. The highest BCUT2D eigenvalue weighted by molar-refractivity contribution is 7.12. The molecule has 0 aliphatic heterocycles. The van der Waals surface area contributed by atoms with Crippen molar-refractivity contribution in [2.75, 3.05) is 0 Å². The molecular formula is C5H6ClN3S. The lowest BCUT2D eigenvalue weighted by atomic mass is 10.4. The van der Waals surface area contributed by atoms with Crippen LogP contribution in [0.25, 0.3) is 0 Å². The fourth-order valence-electron chi connectivity index (χ4n) is 0.511. The zero-order chi connectivity index (χ0) is 7.56. The number of amidine groups is 1. The smallest absolute Gasteiger partial charge is 0.160 e. The van der Waals surface area contributed by atoms with E-state index in [2.05, 4.69) is 5.10 Å². The van der Waals surface area contributed by atoms with Gasteiger partial charge < -0.3 is 11.6 Å². The lowest BCUT2D eigenvalue weighted by molar-refractivity contribution is 1.23. The molecule has 10 heavy (non-hydrogen) atoms. The topological polar surface area (TPSA) is 64.4 Å². The molecule has 1 heterocycles. The van der Waals surface area contributed by atoms with Crippen molar-refractivity contribution in [2.24, 2.45) is 16.7 Å². The quantitative estimate of drug-likeness (QED) is 0.289. The largest absolute Gasteiger partial charge is 0.381 e. The van der Waals surface area contributed by atoms with Crippen LogP contribution in [0.1, 0.15) is 4.88 Å². The number of nitrogens with two attached hydrogens (primary N) is 2. The van der Waals surface area contributed by atoms with Crippen molar-refractivity contribution in [3.63, 3.8) is 0 Å². The highest BCUT2D eigenvalue weighted by Crippen LogP contribution is 2.18. The van der Waals surface area contributed by atoms with Crippen molar-refractivity contribution in [1.29, 1.82) is 0 Å². The summed E-state index contributed by atoms with van der Waals surface area (Å²) in [7, 11) is 0. The molecule has 4 N–H and O–H groups in total. The summed E-state index contributed by atoms with van der Waals surface area (Å²) in [4.78, 5) is 0.799. The Morgan fingerprint density at radius 3 is 2.80 bits per heavy atom. The van der Waals surface area contributed by atoms with E-state index in [9.17, 15) is 0 Å². The highest BCUT2D eigenvalue weighted by atomic mass is 35.5. The van der Waals surface area contributed by atoms with E-state index < -0.39 is 0 Å². The molecule has 0 spiro atoms. The molecule has 0 fully saturated rings. The standard InChI is InChI=1S/C5H6ClN3S/c6-3-1-4(10-2-3)5(7)9-8/h1-2H,8H2,(H2,7,9). The summed E-state index contributed by atoms with van der Waals surface area (Å²) in [5.74, 6) is 5.26. The lowest BCUT2D eigenvalue weighted by Gasteiger charge is -1.89. The second kappa shape index (κ2) is 2.90. The molecule has 0 aliphatic carbocycles. The number of hydrogen-bond acceptors (Lipinski definition) is 3. The first-order valence-corrected chi connectivity index (χ1v) is 3.77. The number of thiophene rings is 1. The molecular weight excluding hydrogens is 170 g/mol. The van der Waals surface area contributed by atoms with Crippen LogP contribution in [-0.2, 0) is 0 Å². The first kappa shape index (κ1) is 7.37. The van der Waals surface area contributed by atoms with E-state index in [1.807, 2.05) is 0 Å². The third-order valence-electron chi connectivity index (χ3n) is 0.959. The Hall–Kier alpha value is -0.740. The van der Waals surface area contributed by atoms with E-state index in [-0.39, 0.29) is 0 Å². The first-order chi connectivity index (χ1) is 4.74. The molecule has 0 unspecified atom stereocenters. The van der Waals surface area contributed by atoms with Gasteiger partial charge in [-0.3, -0.25) is 0 Å². The van der Waals surface area contributed by atoms with Gasteiger partial charge in [-0.05, 0) is 6.07 Å². The Balaban J connectivity index is 2.95. The van der Waals surface area contributed by atoms with Crippen LogP contribution < -0.4 is 11.6 Å². The van der Waals surface area contributed by atoms with Crippen molar-refractivity contribution in [3.05, 3.63) is 21.3 Å². The Morgan fingerprint density at radius 2 is 2.40 bits per heavy atom. The fraction of sp³-hybridized carbons (Fsp3) is 0. The van der Waals surface area contributed by atoms with E-state index in [1.165, 1.54) is 11.3 Å². The Kier molecular flexibility index (Phi) is 2.13. The number of rotatable bonds is 1. The normalized spacial score (nSPS) is 11.9. The Labute approximate surface area is 67.3 Å². The van der Waals surface area contributed by atoms with Gasteiger partial charge in [0.2, 0.25) is 0 Å². The van der Waals surface area contributed by atoms with Crippen LogP contribution in [-0.4, -0.2) is 5.84 Å². The van der Waals surface area contributed by atoms with Crippen LogP contribution in [0.4, 0.5) is 0 Å². The molecule has 54 valence electrons. The van der Waals surface area contributed by atoms with E-state index in [0.29, 0.717) is 10.9 Å². The van der Waals surface area contributed by atoms with Gasteiger partial charge in [-0.15, -0.1) is 11.3 Å². The Morgan fingerprint density at radius 1 is 1.70 bits per heavy atom. The van der Waals surface area contributed by atoms with Gasteiger partial charge in [0.15, 0.2) is 5.84 Å². The van der Waals surface area contributed by atoms with Crippen molar-refractivity contribution >= 4 is 28.8 Å². The third kappa shape index (κ3) is 1.40. The minimum absolute atomic E-state index is 0.317. The molecule has 1 aromatic rings. The molecule has 0 saturated carbocycles. The lowest BCUT2D eigenvalue weighted by Crippen LogP contribution is -2.13. The van der Waals surface area contributed by atoms with Crippen LogP contribution in [0.5, 0.6) is 0 Å². The van der Waals surface area contributed by atoms with Crippen LogP contribution in [0.3, 0.4) is 0 Å². The summed E-state index contributed by atoms with van der Waals surface area (Å²) in [6.45, 7) is 0. The molecule has 0 saturated heterocycles. The summed E-state index contributed by atoms with van der Waals surface area (Å²) in [5.41, 5.74) is 5.38. The predicted octanol–water partition coefficient (Wildman–Crippen LogP) is 0.981. The second-order valence-electron chi connectivity index (χ2n) is 1.64. The molecule has 1 rings (SSSR count). The summed E-state index contributed by atoms with van der Waals surface area (Å²) >= 11 is 7.03. The van der Waals surface area contributed by atoms with Gasteiger partial charge in [0, 0.05) is 5.38 Å². The summed E-state index contributed by atoms with van der Waals surface area (Å²) < 4.78 is 0. The number of nitrogens with zero attached hydrogens (tertiary/aromatic N) is 1. The summed E-state index contributed by atoms with van der Waals surface area (Å²) in [6, 6.07) is 1.72. The van der Waals surface area contributed by atoms with Crippen LogP contribution in [0.2, 0.25) is 5.02 Å². The molecule has 0 bridgehead atoms. The number of hydrogen-bond donors (Lipinski definition) is 2. The molecule has 0 aromatic carbocycles. The zero-order valence-electron chi connectivity index (χ0n) is 5.04. The number of halogens is 1. The summed E-state index contributed by atoms with van der Waals surface area (Å²) in [6.07, 6.45) is 0. The van der Waals surface area contributed by atoms with Crippen molar-refractivity contribution in [3.8, 4) is 0 Å².